The number of anilines is 2. The first-order chi connectivity index (χ1) is 15.2. The maximum Gasteiger partial charge on any atom is 0.254 e. The van der Waals surface area contributed by atoms with Crippen LogP contribution in [0.25, 0.3) is 10.2 Å². The summed E-state index contributed by atoms with van der Waals surface area (Å²) >= 11 is 1.71. The third kappa shape index (κ3) is 4.19. The Balaban J connectivity index is 1.25. The van der Waals surface area contributed by atoms with Crippen LogP contribution in [-0.4, -0.2) is 62.2 Å². The largest absolute Gasteiger partial charge is 0.497 e. The van der Waals surface area contributed by atoms with Gasteiger partial charge in [0.25, 0.3) is 5.91 Å². The molecule has 0 unspecified atom stereocenters. The van der Waals surface area contributed by atoms with E-state index in [4.69, 9.17) is 9.72 Å². The normalized spacial score (nSPS) is 17.3. The van der Waals surface area contributed by atoms with Gasteiger partial charge >= 0.3 is 0 Å². The second-order valence-electron chi connectivity index (χ2n) is 8.20. The van der Waals surface area contributed by atoms with Crippen molar-refractivity contribution in [3.63, 3.8) is 0 Å². The van der Waals surface area contributed by atoms with Gasteiger partial charge in [0, 0.05) is 50.5 Å². The highest BCUT2D eigenvalue weighted by Gasteiger charge is 2.23. The fraction of sp³-hybridized carbons (Fsp3) is 0.417. The molecule has 5 rings (SSSR count). The zero-order chi connectivity index (χ0) is 21.2. The molecule has 0 spiro atoms. The molecule has 0 N–H and O–H groups in total. The van der Waals surface area contributed by atoms with Crippen molar-refractivity contribution in [3.8, 4) is 5.75 Å². The maximum absolute atomic E-state index is 13.1. The van der Waals surface area contributed by atoms with Gasteiger partial charge in [-0.15, -0.1) is 0 Å². The summed E-state index contributed by atoms with van der Waals surface area (Å²) in [6.07, 6.45) is 3.79. The summed E-state index contributed by atoms with van der Waals surface area (Å²) in [6, 6.07) is 14.1. The first-order valence-electron chi connectivity index (χ1n) is 11.0. The minimum absolute atomic E-state index is 0.115. The van der Waals surface area contributed by atoms with Gasteiger partial charge in [0.2, 0.25) is 0 Å². The lowest BCUT2D eigenvalue weighted by Gasteiger charge is -2.36. The van der Waals surface area contributed by atoms with Crippen LogP contribution in [-0.2, 0) is 0 Å². The number of hydrogen-bond donors (Lipinski definition) is 0. The van der Waals surface area contributed by atoms with E-state index in [9.17, 15) is 4.79 Å². The second-order valence-corrected chi connectivity index (χ2v) is 9.21. The van der Waals surface area contributed by atoms with E-state index in [0.29, 0.717) is 0 Å². The van der Waals surface area contributed by atoms with E-state index >= 15 is 0 Å². The van der Waals surface area contributed by atoms with Crippen molar-refractivity contribution in [3.05, 3.63) is 48.0 Å². The Morgan fingerprint density at radius 2 is 1.65 bits per heavy atom. The number of rotatable bonds is 4. The van der Waals surface area contributed by atoms with Crippen LogP contribution < -0.4 is 14.5 Å². The van der Waals surface area contributed by atoms with Gasteiger partial charge in [0.15, 0.2) is 5.13 Å². The van der Waals surface area contributed by atoms with Crippen molar-refractivity contribution in [2.45, 2.75) is 19.3 Å². The highest BCUT2D eigenvalue weighted by Crippen LogP contribution is 2.31. The molecule has 0 radical (unpaired) electrons. The van der Waals surface area contributed by atoms with Gasteiger partial charge in [0.1, 0.15) is 5.75 Å². The Hall–Kier alpha value is -2.80. The fourth-order valence-corrected chi connectivity index (χ4v) is 5.47. The molecule has 2 saturated heterocycles. The van der Waals surface area contributed by atoms with E-state index in [2.05, 4.69) is 21.9 Å². The zero-order valence-corrected chi connectivity index (χ0v) is 18.7. The van der Waals surface area contributed by atoms with E-state index in [1.807, 2.05) is 35.2 Å². The summed E-state index contributed by atoms with van der Waals surface area (Å²) in [5.41, 5.74) is 2.93. The number of nitrogens with zero attached hydrogens (tertiary/aromatic N) is 4. The first kappa shape index (κ1) is 20.1. The van der Waals surface area contributed by atoms with Gasteiger partial charge in [0.05, 0.1) is 17.3 Å². The number of carbonyl (C=O) groups is 1. The molecule has 2 aliphatic heterocycles. The fourth-order valence-electron chi connectivity index (χ4n) is 4.41. The van der Waals surface area contributed by atoms with Crippen LogP contribution in [0.4, 0.5) is 10.8 Å². The number of benzene rings is 2. The summed E-state index contributed by atoms with van der Waals surface area (Å²) < 4.78 is 6.34. The van der Waals surface area contributed by atoms with E-state index in [0.717, 1.165) is 65.9 Å². The summed E-state index contributed by atoms with van der Waals surface area (Å²) in [5, 5.41) is 1.09. The van der Waals surface area contributed by atoms with E-state index < -0.39 is 0 Å². The minimum Gasteiger partial charge on any atom is -0.497 e. The average molecular weight is 437 g/mol. The standard InChI is InChI=1S/C24H28N4O2S/c1-30-20-8-6-19(7-9-20)26-13-15-27(16-14-26)23(29)18-5-10-21-22(17-18)31-24(25-21)28-11-3-2-4-12-28/h5-10,17H,2-4,11-16H2,1H3. The van der Waals surface area contributed by atoms with Crippen LogP contribution >= 0.6 is 11.3 Å². The van der Waals surface area contributed by atoms with Crippen LogP contribution in [0.2, 0.25) is 0 Å². The highest BCUT2D eigenvalue weighted by molar-refractivity contribution is 7.22. The molecule has 3 aromatic rings. The van der Waals surface area contributed by atoms with Crippen molar-refractivity contribution in [2.75, 3.05) is 56.2 Å². The molecule has 0 atom stereocenters. The predicted molar refractivity (Wildman–Crippen MR) is 127 cm³/mol. The summed E-state index contributed by atoms with van der Waals surface area (Å²) in [7, 11) is 1.68. The number of amides is 1. The summed E-state index contributed by atoms with van der Waals surface area (Å²) in [4.78, 5) is 24.6. The molecular weight excluding hydrogens is 408 g/mol. The molecule has 31 heavy (non-hydrogen) atoms. The first-order valence-corrected chi connectivity index (χ1v) is 11.9. The van der Waals surface area contributed by atoms with Crippen LogP contribution in [0.5, 0.6) is 5.75 Å². The number of piperazine rings is 1. The van der Waals surface area contributed by atoms with Gasteiger partial charge in [-0.1, -0.05) is 11.3 Å². The van der Waals surface area contributed by atoms with Crippen molar-refractivity contribution in [1.29, 1.82) is 0 Å². The van der Waals surface area contributed by atoms with E-state index in [-0.39, 0.29) is 5.91 Å². The molecule has 1 aromatic heterocycles. The molecule has 0 bridgehead atoms. The number of thiazole rings is 1. The molecule has 1 amide bonds. The van der Waals surface area contributed by atoms with Crippen LogP contribution in [0.15, 0.2) is 42.5 Å². The Labute approximate surface area is 187 Å². The quantitative estimate of drug-likeness (QED) is 0.612. The third-order valence-electron chi connectivity index (χ3n) is 6.26. The summed E-state index contributed by atoms with van der Waals surface area (Å²) in [5.74, 6) is 0.976. The SMILES string of the molecule is COc1ccc(N2CCN(C(=O)c3ccc4nc(N5CCCCC5)sc4c3)CC2)cc1. The number of methoxy groups -OCH3 is 1. The van der Waals surface area contributed by atoms with Gasteiger partial charge in [-0.3, -0.25) is 4.79 Å². The van der Waals surface area contributed by atoms with Crippen LogP contribution in [0.1, 0.15) is 29.6 Å². The van der Waals surface area contributed by atoms with Gasteiger partial charge in [-0.05, 0) is 61.7 Å². The molecule has 2 aliphatic rings. The lowest BCUT2D eigenvalue weighted by atomic mass is 10.1. The molecule has 2 aromatic carbocycles. The average Bonchev–Trinajstić information content (AvgIpc) is 3.28. The number of aromatic nitrogens is 1. The van der Waals surface area contributed by atoms with Crippen molar-refractivity contribution < 1.29 is 9.53 Å². The lowest BCUT2D eigenvalue weighted by Crippen LogP contribution is -2.48. The second kappa shape index (κ2) is 8.75. The molecule has 0 saturated carbocycles. The third-order valence-corrected chi connectivity index (χ3v) is 7.33. The Kier molecular flexibility index (Phi) is 5.68. The molecule has 0 aliphatic carbocycles. The predicted octanol–water partition coefficient (Wildman–Crippen LogP) is 4.26. The molecule has 6 nitrogen and oxygen atoms in total. The highest BCUT2D eigenvalue weighted by atomic mass is 32.1. The topological polar surface area (TPSA) is 48.9 Å². The number of ether oxygens (including phenoxy) is 1. The Morgan fingerprint density at radius 1 is 0.903 bits per heavy atom. The molecule has 162 valence electrons. The monoisotopic (exact) mass is 436 g/mol. The maximum atomic E-state index is 13.1. The molecule has 3 heterocycles. The van der Waals surface area contributed by atoms with E-state index in [1.165, 1.54) is 24.9 Å². The van der Waals surface area contributed by atoms with Gasteiger partial charge in [-0.2, -0.15) is 0 Å². The number of fused-ring (bicyclic) bond motifs is 1. The van der Waals surface area contributed by atoms with Crippen LogP contribution in [0, 0.1) is 0 Å². The van der Waals surface area contributed by atoms with E-state index in [1.54, 1.807) is 18.4 Å². The number of hydrogen-bond acceptors (Lipinski definition) is 6. The van der Waals surface area contributed by atoms with Crippen molar-refractivity contribution in [1.82, 2.24) is 9.88 Å². The van der Waals surface area contributed by atoms with Crippen molar-refractivity contribution >= 4 is 38.3 Å². The Morgan fingerprint density at radius 3 is 2.35 bits per heavy atom. The van der Waals surface area contributed by atoms with Gasteiger partial charge in [-0.25, -0.2) is 4.98 Å². The molecular formula is C24H28N4O2S. The van der Waals surface area contributed by atoms with Crippen molar-refractivity contribution in [2.24, 2.45) is 0 Å². The molecule has 2 fully saturated rings. The van der Waals surface area contributed by atoms with Gasteiger partial charge < -0.3 is 19.4 Å². The minimum atomic E-state index is 0.115. The zero-order valence-electron chi connectivity index (χ0n) is 17.9. The number of carbonyl (C=O) groups excluding carboxylic acids is 1. The Bertz CT molecular complexity index is 1050. The van der Waals surface area contributed by atoms with Crippen LogP contribution in [0.3, 0.4) is 0 Å². The number of piperidine rings is 1. The molecule has 7 heteroatoms. The summed E-state index contributed by atoms with van der Waals surface area (Å²) in [6.45, 7) is 5.29. The lowest BCUT2D eigenvalue weighted by molar-refractivity contribution is 0.0747. The smallest absolute Gasteiger partial charge is 0.254 e.